The van der Waals surface area contributed by atoms with E-state index >= 15 is 0 Å². The topological polar surface area (TPSA) is 166 Å². The van der Waals surface area contributed by atoms with Gasteiger partial charge in [-0.3, -0.25) is 0 Å². The fraction of sp³-hybridized carbons (Fsp3) is 0.650. The van der Waals surface area contributed by atoms with Gasteiger partial charge in [-0.25, -0.2) is 4.79 Å². The summed E-state index contributed by atoms with van der Waals surface area (Å²) in [4.78, 5) is 12.3. The Labute approximate surface area is 173 Å². The van der Waals surface area contributed by atoms with E-state index in [1.165, 1.54) is 32.2 Å². The van der Waals surface area contributed by atoms with Gasteiger partial charge in [-0.15, -0.1) is 0 Å². The number of methoxy groups -OCH3 is 1. The largest absolute Gasteiger partial charge is 0.465 e. The molecule has 2 fully saturated rings. The van der Waals surface area contributed by atoms with E-state index in [0.717, 1.165) is 0 Å². The molecule has 3 rings (SSSR count). The number of aliphatic hydroxyl groups excluding tert-OH is 6. The zero-order chi connectivity index (χ0) is 22.3. The Morgan fingerprint density at radius 1 is 0.800 bits per heavy atom. The first-order chi connectivity index (χ1) is 14.1. The number of benzene rings is 1. The van der Waals surface area contributed by atoms with Crippen molar-refractivity contribution >= 4 is 5.97 Å². The van der Waals surface area contributed by atoms with Crippen LogP contribution in [-0.4, -0.2) is 92.5 Å². The van der Waals surface area contributed by atoms with Crippen LogP contribution >= 0.6 is 0 Å². The van der Waals surface area contributed by atoms with Gasteiger partial charge in [0.25, 0.3) is 0 Å². The van der Waals surface area contributed by atoms with E-state index in [0.29, 0.717) is 5.56 Å². The molecule has 0 aromatic heterocycles. The molecule has 1 aromatic carbocycles. The van der Waals surface area contributed by atoms with Gasteiger partial charge < -0.3 is 44.8 Å². The number of esters is 1. The summed E-state index contributed by atoms with van der Waals surface area (Å²) in [6.07, 6.45) is -12.4. The van der Waals surface area contributed by atoms with Crippen LogP contribution in [0.4, 0.5) is 0 Å². The van der Waals surface area contributed by atoms with Crippen molar-refractivity contribution in [3.63, 3.8) is 0 Å². The number of hydrogen-bond acceptors (Lipinski definition) is 10. The lowest BCUT2D eigenvalue weighted by Crippen LogP contribution is -2.53. The third-order valence-corrected chi connectivity index (χ3v) is 5.82. The van der Waals surface area contributed by atoms with Gasteiger partial charge in [0.05, 0.1) is 24.9 Å². The van der Waals surface area contributed by atoms with Gasteiger partial charge in [-0.1, -0.05) is 6.07 Å². The highest BCUT2D eigenvalue weighted by molar-refractivity contribution is 5.91. The minimum Gasteiger partial charge on any atom is -0.465 e. The maximum atomic E-state index is 12.3. The summed E-state index contributed by atoms with van der Waals surface area (Å²) in [5.41, 5.74) is 0.570. The van der Waals surface area contributed by atoms with Crippen molar-refractivity contribution in [2.75, 3.05) is 7.11 Å². The van der Waals surface area contributed by atoms with Crippen molar-refractivity contribution in [3.05, 3.63) is 34.9 Å². The second-order valence-electron chi connectivity index (χ2n) is 7.81. The highest BCUT2D eigenvalue weighted by Crippen LogP contribution is 2.38. The molecule has 6 N–H and O–H groups in total. The quantitative estimate of drug-likeness (QED) is 0.314. The lowest BCUT2D eigenvalue weighted by atomic mass is 9.86. The number of hydrogen-bond donors (Lipinski definition) is 6. The van der Waals surface area contributed by atoms with Crippen LogP contribution in [0, 0.1) is 0 Å². The molecule has 2 unspecified atom stereocenters. The Bertz CT molecular complexity index is 770. The summed E-state index contributed by atoms with van der Waals surface area (Å²) in [5, 5.41) is 61.0. The number of carbonyl (C=O) groups is 1. The molecule has 0 spiro atoms. The van der Waals surface area contributed by atoms with Crippen molar-refractivity contribution in [1.82, 2.24) is 0 Å². The van der Waals surface area contributed by atoms with E-state index in [1.807, 2.05) is 0 Å². The summed E-state index contributed by atoms with van der Waals surface area (Å²) in [6, 6.07) is 4.33. The number of rotatable bonds is 3. The number of carbonyl (C=O) groups excluding carboxylic acids is 1. The van der Waals surface area contributed by atoms with Crippen LogP contribution in [0.25, 0.3) is 0 Å². The SMILES string of the molecule is COC(=O)c1ccc(C2O[C@@H](C)[C@@H](O)[C@@H](O)[C@@H]2O)cc1C1O[C@@H](C)[C@@H](O)[C@@H](O)[C@@H]1O. The molecular formula is C20H28O10. The summed E-state index contributed by atoms with van der Waals surface area (Å²) in [5.74, 6) is -0.713. The average molecular weight is 428 g/mol. The minimum absolute atomic E-state index is 0.0556. The number of aliphatic hydroxyl groups is 6. The van der Waals surface area contributed by atoms with Gasteiger partial charge >= 0.3 is 5.97 Å². The molecule has 10 atom stereocenters. The molecule has 0 aliphatic carbocycles. The smallest absolute Gasteiger partial charge is 0.338 e. The van der Waals surface area contributed by atoms with Crippen LogP contribution in [0.2, 0.25) is 0 Å². The first-order valence-electron chi connectivity index (χ1n) is 9.70. The van der Waals surface area contributed by atoms with Gasteiger partial charge in [-0.05, 0) is 37.1 Å². The lowest BCUT2D eigenvalue weighted by molar-refractivity contribution is -0.221. The van der Waals surface area contributed by atoms with Crippen molar-refractivity contribution in [2.24, 2.45) is 0 Å². The maximum absolute atomic E-state index is 12.3. The van der Waals surface area contributed by atoms with E-state index in [9.17, 15) is 35.4 Å². The molecule has 2 heterocycles. The molecule has 2 aliphatic rings. The normalized spacial score (nSPS) is 42.0. The number of ether oxygens (including phenoxy) is 3. The zero-order valence-electron chi connectivity index (χ0n) is 16.8. The highest BCUT2D eigenvalue weighted by atomic mass is 16.5. The summed E-state index contributed by atoms with van der Waals surface area (Å²) >= 11 is 0. The van der Waals surface area contributed by atoms with E-state index in [2.05, 4.69) is 0 Å². The highest BCUT2D eigenvalue weighted by Gasteiger charge is 2.45. The predicted octanol–water partition coefficient (Wildman–Crippen LogP) is -1.44. The third-order valence-electron chi connectivity index (χ3n) is 5.82. The van der Waals surface area contributed by atoms with E-state index in [4.69, 9.17) is 14.2 Å². The van der Waals surface area contributed by atoms with Crippen molar-refractivity contribution in [2.45, 2.75) is 74.9 Å². The van der Waals surface area contributed by atoms with E-state index < -0.39 is 67.0 Å². The fourth-order valence-corrected chi connectivity index (χ4v) is 3.92. The Balaban J connectivity index is 2.04. The lowest BCUT2D eigenvalue weighted by Gasteiger charge is -2.41. The van der Waals surface area contributed by atoms with Crippen LogP contribution in [0.5, 0.6) is 0 Å². The van der Waals surface area contributed by atoms with Gasteiger partial charge in [0.15, 0.2) is 0 Å². The molecule has 168 valence electrons. The molecule has 0 radical (unpaired) electrons. The first kappa shape index (κ1) is 23.0. The molecule has 0 amide bonds. The van der Waals surface area contributed by atoms with Crippen LogP contribution in [0.15, 0.2) is 18.2 Å². The molecule has 0 bridgehead atoms. The first-order valence-corrected chi connectivity index (χ1v) is 9.70. The van der Waals surface area contributed by atoms with Crippen molar-refractivity contribution < 1.29 is 49.6 Å². The van der Waals surface area contributed by atoms with Gasteiger partial charge in [-0.2, -0.15) is 0 Å². The van der Waals surface area contributed by atoms with Crippen LogP contribution in [0.3, 0.4) is 0 Å². The molecule has 10 nitrogen and oxygen atoms in total. The van der Waals surface area contributed by atoms with Gasteiger partial charge in [0.2, 0.25) is 0 Å². The Morgan fingerprint density at radius 3 is 1.83 bits per heavy atom. The monoisotopic (exact) mass is 428 g/mol. The predicted molar refractivity (Wildman–Crippen MR) is 100 cm³/mol. The molecule has 2 aliphatic heterocycles. The van der Waals surface area contributed by atoms with Crippen molar-refractivity contribution in [1.29, 1.82) is 0 Å². The van der Waals surface area contributed by atoms with E-state index in [-0.39, 0.29) is 11.1 Å². The standard InChI is InChI=1S/C20H28O10/c1-7-12(21)14(23)16(25)18(29-7)9-4-5-10(20(27)28-3)11(6-9)19-17(26)15(24)13(22)8(2)30-19/h4-8,12-19,21-26H,1-3H3/t7-,8-,12+,13+,14+,15+,16-,17-,18?,19?/m0/s1. The van der Waals surface area contributed by atoms with Crippen molar-refractivity contribution in [3.8, 4) is 0 Å². The second kappa shape index (κ2) is 8.85. The second-order valence-corrected chi connectivity index (χ2v) is 7.81. The minimum atomic E-state index is -1.54. The Morgan fingerprint density at radius 2 is 1.30 bits per heavy atom. The Kier molecular flexibility index (Phi) is 6.80. The van der Waals surface area contributed by atoms with Crippen LogP contribution < -0.4 is 0 Å². The molecular weight excluding hydrogens is 400 g/mol. The fourth-order valence-electron chi connectivity index (χ4n) is 3.92. The summed E-state index contributed by atoms with van der Waals surface area (Å²) < 4.78 is 16.1. The van der Waals surface area contributed by atoms with Gasteiger partial charge in [0, 0.05) is 0 Å². The zero-order valence-corrected chi connectivity index (χ0v) is 16.8. The molecule has 30 heavy (non-hydrogen) atoms. The molecule has 10 heteroatoms. The third kappa shape index (κ3) is 3.97. The average Bonchev–Trinajstić information content (AvgIpc) is 2.74. The van der Waals surface area contributed by atoms with E-state index in [1.54, 1.807) is 6.92 Å². The summed E-state index contributed by atoms with van der Waals surface area (Å²) in [6.45, 7) is 3.06. The molecule has 1 aromatic rings. The summed E-state index contributed by atoms with van der Waals surface area (Å²) in [7, 11) is 1.19. The maximum Gasteiger partial charge on any atom is 0.338 e. The van der Waals surface area contributed by atoms with Gasteiger partial charge in [0.1, 0.15) is 48.8 Å². The van der Waals surface area contributed by atoms with Crippen LogP contribution in [0.1, 0.15) is 47.5 Å². The van der Waals surface area contributed by atoms with Crippen LogP contribution in [-0.2, 0) is 14.2 Å². The molecule has 0 saturated carbocycles. The Hall–Kier alpha value is -1.63. The molecule has 2 saturated heterocycles.